The van der Waals surface area contributed by atoms with Gasteiger partial charge in [0.25, 0.3) is 10.0 Å². The quantitative estimate of drug-likeness (QED) is 0.429. The summed E-state index contributed by atoms with van der Waals surface area (Å²) < 4.78 is 46.7. The highest BCUT2D eigenvalue weighted by atomic mass is 32.2. The minimum absolute atomic E-state index is 0.0435. The smallest absolute Gasteiger partial charge is 0.264 e. The summed E-state index contributed by atoms with van der Waals surface area (Å²) in [6, 6.07) is 19.1. The van der Waals surface area contributed by atoms with E-state index in [0.29, 0.717) is 5.75 Å². The minimum Gasteiger partial charge on any atom is -0.492 e. The molecule has 0 saturated heterocycles. The molecule has 3 aromatic rings. The van der Waals surface area contributed by atoms with Crippen molar-refractivity contribution in [3.05, 3.63) is 89.7 Å². The van der Waals surface area contributed by atoms with Crippen LogP contribution in [-0.2, 0) is 20.2 Å². The maximum atomic E-state index is 13.4. The largest absolute Gasteiger partial charge is 0.492 e. The lowest BCUT2D eigenvalue weighted by Gasteiger charge is -2.24. The van der Waals surface area contributed by atoms with Crippen LogP contribution in [0.15, 0.2) is 77.7 Å². The van der Waals surface area contributed by atoms with Crippen LogP contribution < -0.4 is 14.4 Å². The molecule has 3 aromatic carbocycles. The fourth-order valence-electron chi connectivity index (χ4n) is 3.36. The summed E-state index contributed by atoms with van der Waals surface area (Å²) in [5, 5.41) is 2.69. The molecule has 0 saturated carbocycles. The van der Waals surface area contributed by atoms with Gasteiger partial charge in [0, 0.05) is 0 Å². The predicted octanol–water partition coefficient (Wildman–Crippen LogP) is 4.82. The highest BCUT2D eigenvalue weighted by Gasteiger charge is 2.27. The predicted molar refractivity (Wildman–Crippen MR) is 136 cm³/mol. The molecule has 0 unspecified atom stereocenters. The van der Waals surface area contributed by atoms with Crippen molar-refractivity contribution in [3.8, 4) is 5.75 Å². The van der Waals surface area contributed by atoms with Crippen LogP contribution in [0.1, 0.15) is 31.9 Å². The number of halogens is 1. The molecule has 0 bridgehead atoms. The fourth-order valence-corrected chi connectivity index (χ4v) is 4.78. The van der Waals surface area contributed by atoms with Gasteiger partial charge in [-0.15, -0.1) is 0 Å². The van der Waals surface area contributed by atoms with Crippen molar-refractivity contribution in [3.63, 3.8) is 0 Å². The average Bonchev–Trinajstić information content (AvgIpc) is 2.81. The molecule has 6 nitrogen and oxygen atoms in total. The third kappa shape index (κ3) is 7.05. The zero-order chi connectivity index (χ0) is 25.6. The Morgan fingerprint density at radius 3 is 2.11 bits per heavy atom. The summed E-state index contributed by atoms with van der Waals surface area (Å²) in [5.41, 5.74) is 2.33. The summed E-state index contributed by atoms with van der Waals surface area (Å²) in [6.45, 7) is 8.21. The summed E-state index contributed by atoms with van der Waals surface area (Å²) in [4.78, 5) is 12.7. The maximum Gasteiger partial charge on any atom is 0.264 e. The minimum atomic E-state index is -4.05. The monoisotopic (exact) mass is 498 g/mol. The molecule has 0 aliphatic carbocycles. The molecule has 0 aliphatic heterocycles. The van der Waals surface area contributed by atoms with Crippen molar-refractivity contribution in [1.82, 2.24) is 5.32 Å². The number of ether oxygens (including phenoxy) is 1. The number of carbonyl (C=O) groups is 1. The first-order valence-corrected chi connectivity index (χ1v) is 12.8. The highest BCUT2D eigenvalue weighted by molar-refractivity contribution is 7.92. The van der Waals surface area contributed by atoms with E-state index < -0.39 is 28.3 Å². The van der Waals surface area contributed by atoms with Crippen molar-refractivity contribution in [2.75, 3.05) is 24.0 Å². The van der Waals surface area contributed by atoms with E-state index in [1.165, 1.54) is 29.8 Å². The highest BCUT2D eigenvalue weighted by Crippen LogP contribution is 2.25. The van der Waals surface area contributed by atoms with E-state index in [9.17, 15) is 17.6 Å². The molecule has 3 rings (SSSR count). The van der Waals surface area contributed by atoms with Gasteiger partial charge in [-0.1, -0.05) is 50.6 Å². The van der Waals surface area contributed by atoms with Crippen molar-refractivity contribution >= 4 is 21.6 Å². The maximum absolute atomic E-state index is 13.4. The first-order chi connectivity index (χ1) is 16.5. The van der Waals surface area contributed by atoms with Gasteiger partial charge >= 0.3 is 0 Å². The Labute approximate surface area is 206 Å². The number of nitrogens with zero attached hydrogens (tertiary/aromatic N) is 1. The van der Waals surface area contributed by atoms with Gasteiger partial charge in [-0.25, -0.2) is 12.8 Å². The van der Waals surface area contributed by atoms with Gasteiger partial charge in [-0.05, 0) is 66.4 Å². The molecule has 0 atom stereocenters. The van der Waals surface area contributed by atoms with Crippen LogP contribution >= 0.6 is 0 Å². The number of amides is 1. The van der Waals surface area contributed by atoms with Gasteiger partial charge in [0.2, 0.25) is 5.91 Å². The zero-order valence-electron chi connectivity index (χ0n) is 20.4. The number of anilines is 1. The molecule has 1 N–H and O–H groups in total. The van der Waals surface area contributed by atoms with E-state index in [2.05, 4.69) is 26.1 Å². The summed E-state index contributed by atoms with van der Waals surface area (Å²) >= 11 is 0. The second kappa shape index (κ2) is 10.9. The van der Waals surface area contributed by atoms with Crippen molar-refractivity contribution < 1.29 is 22.3 Å². The SMILES string of the molecule is Cc1ccc(S(=O)(=O)N(CC(=O)NCCOc2ccc(C(C)(C)C)cc2)c2ccc(F)cc2)cc1. The van der Waals surface area contributed by atoms with Gasteiger partial charge in [-0.2, -0.15) is 0 Å². The molecule has 0 radical (unpaired) electrons. The Morgan fingerprint density at radius 2 is 1.54 bits per heavy atom. The Balaban J connectivity index is 1.64. The van der Waals surface area contributed by atoms with Crippen LogP contribution in [0.3, 0.4) is 0 Å². The van der Waals surface area contributed by atoms with Gasteiger partial charge < -0.3 is 10.1 Å². The van der Waals surface area contributed by atoms with E-state index in [-0.39, 0.29) is 29.1 Å². The third-order valence-corrected chi connectivity index (χ3v) is 7.21. The van der Waals surface area contributed by atoms with Gasteiger partial charge in [0.05, 0.1) is 17.1 Å². The van der Waals surface area contributed by atoms with Crippen LogP contribution in [0.5, 0.6) is 5.75 Å². The number of aryl methyl sites for hydroxylation is 1. The molecule has 0 aromatic heterocycles. The lowest BCUT2D eigenvalue weighted by molar-refractivity contribution is -0.119. The Morgan fingerprint density at radius 1 is 0.943 bits per heavy atom. The van der Waals surface area contributed by atoms with E-state index >= 15 is 0 Å². The number of sulfonamides is 1. The molecule has 186 valence electrons. The zero-order valence-corrected chi connectivity index (χ0v) is 21.2. The number of hydrogen-bond acceptors (Lipinski definition) is 4. The van der Waals surface area contributed by atoms with Crippen LogP contribution in [0.25, 0.3) is 0 Å². The molecular formula is C27H31FN2O4S. The van der Waals surface area contributed by atoms with E-state index in [4.69, 9.17) is 4.74 Å². The van der Waals surface area contributed by atoms with E-state index in [0.717, 1.165) is 22.0 Å². The first kappa shape index (κ1) is 26.2. The number of nitrogens with one attached hydrogen (secondary N) is 1. The lowest BCUT2D eigenvalue weighted by Crippen LogP contribution is -2.41. The Bertz CT molecular complexity index is 1230. The summed E-state index contributed by atoms with van der Waals surface area (Å²) in [5.74, 6) is -0.322. The molecule has 35 heavy (non-hydrogen) atoms. The number of rotatable bonds is 9. The molecule has 1 amide bonds. The lowest BCUT2D eigenvalue weighted by atomic mass is 9.87. The molecule has 8 heteroatoms. The van der Waals surface area contributed by atoms with Crippen molar-refractivity contribution in [2.45, 2.75) is 38.0 Å². The Hall–Kier alpha value is -3.39. The molecular weight excluding hydrogens is 467 g/mol. The summed E-state index contributed by atoms with van der Waals surface area (Å²) in [6.07, 6.45) is 0. The molecule has 0 aliphatic rings. The van der Waals surface area contributed by atoms with Crippen LogP contribution in [0, 0.1) is 12.7 Å². The molecule has 0 heterocycles. The van der Waals surface area contributed by atoms with E-state index in [1.54, 1.807) is 12.1 Å². The standard InChI is InChI=1S/C27H31FN2O4S/c1-20-5-15-25(16-6-20)35(32,33)30(23-11-9-22(28)10-12-23)19-26(31)29-17-18-34-24-13-7-21(8-14-24)27(2,3)4/h5-16H,17-19H2,1-4H3,(H,29,31). The van der Waals surface area contributed by atoms with Crippen LogP contribution in [-0.4, -0.2) is 34.0 Å². The van der Waals surface area contributed by atoms with E-state index in [1.807, 2.05) is 31.2 Å². The van der Waals surface area contributed by atoms with Crippen LogP contribution in [0.4, 0.5) is 10.1 Å². The normalized spacial score (nSPS) is 11.7. The number of carbonyl (C=O) groups excluding carboxylic acids is 1. The van der Waals surface area contributed by atoms with Gasteiger partial charge in [0.15, 0.2) is 0 Å². The third-order valence-electron chi connectivity index (χ3n) is 5.42. The van der Waals surface area contributed by atoms with Crippen molar-refractivity contribution in [1.29, 1.82) is 0 Å². The van der Waals surface area contributed by atoms with Gasteiger partial charge in [0.1, 0.15) is 24.7 Å². The fraction of sp³-hybridized carbons (Fsp3) is 0.296. The molecule has 0 spiro atoms. The topological polar surface area (TPSA) is 75.7 Å². The van der Waals surface area contributed by atoms with Crippen molar-refractivity contribution in [2.24, 2.45) is 0 Å². The second-order valence-corrected chi connectivity index (χ2v) is 11.1. The molecule has 0 fully saturated rings. The van der Waals surface area contributed by atoms with Crippen LogP contribution in [0.2, 0.25) is 0 Å². The number of hydrogen-bond donors (Lipinski definition) is 1. The summed E-state index contributed by atoms with van der Waals surface area (Å²) in [7, 11) is -4.05. The average molecular weight is 499 g/mol. The number of benzene rings is 3. The first-order valence-electron chi connectivity index (χ1n) is 11.3. The Kier molecular flexibility index (Phi) is 8.17. The second-order valence-electron chi connectivity index (χ2n) is 9.27. The van der Waals surface area contributed by atoms with Gasteiger partial charge in [-0.3, -0.25) is 9.10 Å².